The van der Waals surface area contributed by atoms with Crippen molar-refractivity contribution in [3.05, 3.63) is 83.9 Å². The molecular weight excluding hydrogens is 476 g/mol. The zero-order valence-corrected chi connectivity index (χ0v) is 22.1. The molecule has 4 aliphatic rings. The maximum Gasteiger partial charge on any atom is 0.344 e. The molecule has 0 aromatic heterocycles. The third kappa shape index (κ3) is 5.31. The van der Waals surface area contributed by atoms with Gasteiger partial charge in [0.1, 0.15) is 11.4 Å². The van der Waals surface area contributed by atoms with Crippen molar-refractivity contribution in [2.24, 2.45) is 17.8 Å². The van der Waals surface area contributed by atoms with Gasteiger partial charge in [-0.15, -0.1) is 0 Å². The number of carbonyl (C=O) groups excluding carboxylic acids is 1. The quantitative estimate of drug-likeness (QED) is 0.237. The van der Waals surface area contributed by atoms with Crippen LogP contribution >= 0.6 is 0 Å². The predicted molar refractivity (Wildman–Crippen MR) is 150 cm³/mol. The summed E-state index contributed by atoms with van der Waals surface area (Å²) in [5.41, 5.74) is 1.89. The summed E-state index contributed by atoms with van der Waals surface area (Å²) < 4.78 is 12.3. The Kier molecular flexibility index (Phi) is 7.40. The van der Waals surface area contributed by atoms with Gasteiger partial charge < -0.3 is 9.47 Å². The van der Waals surface area contributed by atoms with Gasteiger partial charge in [0.05, 0.1) is 10.9 Å². The van der Waals surface area contributed by atoms with E-state index in [9.17, 15) is 4.79 Å². The minimum absolute atomic E-state index is 0. The summed E-state index contributed by atoms with van der Waals surface area (Å²) in [6.07, 6.45) is 7.18. The van der Waals surface area contributed by atoms with E-state index >= 15 is 0 Å². The van der Waals surface area contributed by atoms with Crippen LogP contribution in [0.4, 0.5) is 0 Å². The van der Waals surface area contributed by atoms with E-state index in [0.717, 1.165) is 53.9 Å². The Morgan fingerprint density at radius 3 is 1.70 bits per heavy atom. The van der Waals surface area contributed by atoms with Gasteiger partial charge in [0.2, 0.25) is 0 Å². The van der Waals surface area contributed by atoms with Crippen molar-refractivity contribution in [3.8, 4) is 5.75 Å². The molecule has 0 radical (unpaired) electrons. The highest BCUT2D eigenvalue weighted by molar-refractivity contribution is 7.97. The van der Waals surface area contributed by atoms with Crippen molar-refractivity contribution in [2.45, 2.75) is 80.1 Å². The summed E-state index contributed by atoms with van der Waals surface area (Å²) in [6.45, 7) is 4.13. The zero-order chi connectivity index (χ0) is 24.7. The highest BCUT2D eigenvalue weighted by Gasteiger charge is 2.53. The molecule has 0 atom stereocenters. The number of hydrogen-bond donors (Lipinski definition) is 0. The Morgan fingerprint density at radius 1 is 0.784 bits per heavy atom. The normalized spacial score (nSPS) is 25.5. The van der Waals surface area contributed by atoms with Crippen molar-refractivity contribution in [2.75, 3.05) is 6.61 Å². The lowest BCUT2D eigenvalue weighted by Gasteiger charge is -2.55. The van der Waals surface area contributed by atoms with Crippen LogP contribution in [0, 0.1) is 31.6 Å². The van der Waals surface area contributed by atoms with Crippen LogP contribution in [0.25, 0.3) is 0 Å². The van der Waals surface area contributed by atoms with Gasteiger partial charge >= 0.3 is 5.97 Å². The van der Waals surface area contributed by atoms with Gasteiger partial charge in [-0.25, -0.2) is 4.79 Å². The number of carbonyl (C=O) groups is 1. The molecule has 3 nitrogen and oxygen atoms in total. The number of esters is 1. The molecule has 194 valence electrons. The third-order valence-corrected chi connectivity index (χ3v) is 10.5. The fourth-order valence-electron chi connectivity index (χ4n) is 7.34. The summed E-state index contributed by atoms with van der Waals surface area (Å²) in [5, 5.41) is 0. The summed E-state index contributed by atoms with van der Waals surface area (Å²) in [4.78, 5) is 16.8. The van der Waals surface area contributed by atoms with E-state index in [2.05, 4.69) is 86.6 Å². The molecule has 0 unspecified atom stereocenters. The summed E-state index contributed by atoms with van der Waals surface area (Å²) in [6, 6.07) is 25.8. The Labute approximate surface area is 224 Å². The summed E-state index contributed by atoms with van der Waals surface area (Å²) in [7, 11) is -0.212. The summed E-state index contributed by atoms with van der Waals surface area (Å²) >= 11 is 0. The van der Waals surface area contributed by atoms with Gasteiger partial charge in [-0.05, 0) is 106 Å². The molecule has 4 heteroatoms. The van der Waals surface area contributed by atoms with Gasteiger partial charge in [0.25, 0.3) is 0 Å². The lowest BCUT2D eigenvalue weighted by Crippen LogP contribution is -2.53. The average molecular weight is 516 g/mol. The predicted octanol–water partition coefficient (Wildman–Crippen LogP) is 7.93. The van der Waals surface area contributed by atoms with E-state index in [1.807, 2.05) is 0 Å². The first-order valence-corrected chi connectivity index (χ1v) is 14.5. The van der Waals surface area contributed by atoms with Crippen LogP contribution in [0.5, 0.6) is 5.75 Å². The van der Waals surface area contributed by atoms with E-state index < -0.39 is 0 Å². The smallest absolute Gasteiger partial charge is 0.344 e. The van der Waals surface area contributed by atoms with E-state index in [-0.39, 0.29) is 36.5 Å². The van der Waals surface area contributed by atoms with Crippen molar-refractivity contribution in [1.29, 1.82) is 0 Å². The molecule has 0 aliphatic heterocycles. The first kappa shape index (κ1) is 25.9. The molecule has 0 saturated heterocycles. The summed E-state index contributed by atoms with van der Waals surface area (Å²) in [5.74, 6) is 2.85. The van der Waals surface area contributed by atoms with Gasteiger partial charge in [0.15, 0.2) is 21.3 Å². The Morgan fingerprint density at radius 2 is 1.24 bits per heavy atom. The maximum absolute atomic E-state index is 12.9. The monoisotopic (exact) mass is 515 g/mol. The van der Waals surface area contributed by atoms with Crippen LogP contribution < -0.4 is 4.74 Å². The standard InChI is InChI=1S/C32H35O3S.CH4/c1-22-13-29(36(27-9-5-3-6-10-27)28-11-7-4-8-12-28)14-23(2)31(22)34-21-30(33)35-32-18-24-15-25(19-32)17-26(16-24)20-32;/h3-14,24-26H,15-21H2,1-2H3;1H4/q+1;. The first-order valence-electron chi connectivity index (χ1n) is 13.3. The number of rotatable bonds is 7. The van der Waals surface area contributed by atoms with Gasteiger partial charge in [-0.3, -0.25) is 0 Å². The van der Waals surface area contributed by atoms with Crippen LogP contribution in [0.15, 0.2) is 87.5 Å². The molecule has 0 N–H and O–H groups in total. The van der Waals surface area contributed by atoms with Crippen molar-refractivity contribution in [1.82, 2.24) is 0 Å². The zero-order valence-electron chi connectivity index (χ0n) is 21.2. The van der Waals surface area contributed by atoms with Crippen molar-refractivity contribution >= 4 is 16.9 Å². The van der Waals surface area contributed by atoms with Gasteiger partial charge in [-0.1, -0.05) is 43.8 Å². The van der Waals surface area contributed by atoms with Crippen LogP contribution in [-0.4, -0.2) is 18.2 Å². The Balaban J connectivity index is 0.00000280. The van der Waals surface area contributed by atoms with E-state index in [1.165, 1.54) is 33.9 Å². The number of aryl methyl sites for hydroxylation is 2. The number of hydrogen-bond acceptors (Lipinski definition) is 3. The highest BCUT2D eigenvalue weighted by Crippen LogP contribution is 2.57. The molecule has 4 bridgehead atoms. The van der Waals surface area contributed by atoms with Crippen LogP contribution in [-0.2, 0) is 20.4 Å². The van der Waals surface area contributed by atoms with E-state index in [4.69, 9.17) is 9.47 Å². The van der Waals surface area contributed by atoms with Gasteiger partial charge in [0, 0.05) is 12.1 Å². The third-order valence-electron chi connectivity index (χ3n) is 8.27. The molecular formula is C33H39O3S+. The SMILES string of the molecule is C.Cc1cc([S+](c2ccccc2)c2ccccc2)cc(C)c1OCC(=O)OC12CC3CC(CC(C3)C1)C2. The van der Waals surface area contributed by atoms with E-state index in [1.54, 1.807) is 0 Å². The number of ether oxygens (including phenoxy) is 2. The minimum Gasteiger partial charge on any atom is -0.481 e. The van der Waals surface area contributed by atoms with E-state index in [0.29, 0.717) is 0 Å². The van der Waals surface area contributed by atoms with Gasteiger partial charge in [-0.2, -0.15) is 0 Å². The molecule has 4 aliphatic carbocycles. The maximum atomic E-state index is 12.9. The molecule has 3 aromatic rings. The average Bonchev–Trinajstić information content (AvgIpc) is 2.84. The molecule has 7 rings (SSSR count). The lowest BCUT2D eigenvalue weighted by atomic mass is 9.54. The number of benzene rings is 3. The minimum atomic E-state index is -0.219. The van der Waals surface area contributed by atoms with Crippen molar-refractivity contribution < 1.29 is 14.3 Å². The Bertz CT molecular complexity index is 1140. The fraction of sp³-hybridized carbons (Fsp3) is 0.424. The Hall–Kier alpha value is -2.72. The molecule has 3 aromatic carbocycles. The van der Waals surface area contributed by atoms with Crippen LogP contribution in [0.3, 0.4) is 0 Å². The highest BCUT2D eigenvalue weighted by atomic mass is 32.2. The topological polar surface area (TPSA) is 35.5 Å². The van der Waals surface area contributed by atoms with Crippen LogP contribution in [0.2, 0.25) is 0 Å². The second-order valence-corrected chi connectivity index (χ2v) is 13.2. The fourth-order valence-corrected chi connectivity index (χ4v) is 9.60. The second-order valence-electron chi connectivity index (χ2n) is 11.2. The molecule has 0 amide bonds. The molecule has 4 saturated carbocycles. The first-order chi connectivity index (χ1) is 17.5. The van der Waals surface area contributed by atoms with Crippen molar-refractivity contribution in [3.63, 3.8) is 0 Å². The molecule has 4 fully saturated rings. The molecule has 37 heavy (non-hydrogen) atoms. The molecule has 0 heterocycles. The molecule has 0 spiro atoms. The second kappa shape index (κ2) is 10.6. The van der Waals surface area contributed by atoms with Crippen LogP contribution in [0.1, 0.15) is 57.1 Å². The lowest BCUT2D eigenvalue weighted by molar-refractivity contribution is -0.188. The largest absolute Gasteiger partial charge is 0.481 e.